The molecule has 0 aromatic heterocycles. The molecular weight excluding hydrogens is 145 g/mol. The second kappa shape index (κ2) is 3.14. The zero-order valence-corrected chi connectivity index (χ0v) is 6.12. The Labute approximate surface area is 64.2 Å². The number of carbonyl (C=O) groups is 1. The molecule has 0 aliphatic carbocycles. The van der Waals surface area contributed by atoms with Gasteiger partial charge in [-0.25, -0.2) is 0 Å². The minimum atomic E-state index is -0.620. The van der Waals surface area contributed by atoms with Crippen LogP contribution >= 0.6 is 0 Å². The maximum absolute atomic E-state index is 12.3. The van der Waals surface area contributed by atoms with Gasteiger partial charge in [-0.3, -0.25) is 4.79 Å². The molecule has 3 heteroatoms. The standard InChI is InChI=1S/C8H8FNO/c1-10(9)8(11)7-5-3-2-4-6-7/h2-6H,1H3. The van der Waals surface area contributed by atoms with E-state index in [9.17, 15) is 9.28 Å². The monoisotopic (exact) mass is 153 g/mol. The first-order valence-electron chi connectivity index (χ1n) is 3.20. The first kappa shape index (κ1) is 7.72. The summed E-state index contributed by atoms with van der Waals surface area (Å²) >= 11 is 0. The SMILES string of the molecule is CN(F)C(=O)c1ccccc1. The van der Waals surface area contributed by atoms with Crippen LogP contribution in [0.1, 0.15) is 10.4 Å². The van der Waals surface area contributed by atoms with Crippen LogP contribution in [0.2, 0.25) is 0 Å². The molecule has 0 aliphatic heterocycles. The highest BCUT2D eigenvalue weighted by Crippen LogP contribution is 2.02. The van der Waals surface area contributed by atoms with Gasteiger partial charge in [0.25, 0.3) is 5.91 Å². The van der Waals surface area contributed by atoms with Crippen LogP contribution in [-0.2, 0) is 0 Å². The van der Waals surface area contributed by atoms with Crippen molar-refractivity contribution in [1.29, 1.82) is 0 Å². The van der Waals surface area contributed by atoms with Gasteiger partial charge in [-0.1, -0.05) is 22.7 Å². The largest absolute Gasteiger partial charge is 0.281 e. The lowest BCUT2D eigenvalue weighted by Gasteiger charge is -2.03. The molecule has 1 rings (SSSR count). The Morgan fingerprint density at radius 1 is 1.36 bits per heavy atom. The number of rotatable bonds is 1. The molecule has 0 unspecified atom stereocenters. The third-order valence-corrected chi connectivity index (χ3v) is 1.30. The molecule has 2 nitrogen and oxygen atoms in total. The number of halogens is 1. The smallest absolute Gasteiger partial charge is 0.267 e. The summed E-state index contributed by atoms with van der Waals surface area (Å²) in [5.74, 6) is -0.620. The van der Waals surface area contributed by atoms with E-state index in [1.165, 1.54) is 0 Å². The molecule has 1 amide bonds. The third kappa shape index (κ3) is 1.77. The molecule has 1 aromatic carbocycles. The van der Waals surface area contributed by atoms with Crippen molar-refractivity contribution in [1.82, 2.24) is 5.12 Å². The van der Waals surface area contributed by atoms with Crippen LogP contribution in [0.3, 0.4) is 0 Å². The fourth-order valence-electron chi connectivity index (χ4n) is 0.759. The maximum atomic E-state index is 12.3. The van der Waals surface area contributed by atoms with E-state index < -0.39 is 5.91 Å². The van der Waals surface area contributed by atoms with Crippen LogP contribution in [0, 0.1) is 0 Å². The van der Waals surface area contributed by atoms with E-state index in [0.717, 1.165) is 7.05 Å². The highest BCUT2D eigenvalue weighted by Gasteiger charge is 2.08. The van der Waals surface area contributed by atoms with E-state index >= 15 is 0 Å². The van der Waals surface area contributed by atoms with Gasteiger partial charge in [-0.2, -0.15) is 5.12 Å². The minimum absolute atomic E-state index is 0.0648. The Hall–Kier alpha value is -1.38. The predicted octanol–water partition coefficient (Wildman–Crippen LogP) is 1.64. The molecule has 0 atom stereocenters. The van der Waals surface area contributed by atoms with E-state index in [1.807, 2.05) is 0 Å². The quantitative estimate of drug-likeness (QED) is 0.561. The molecule has 1 aromatic rings. The van der Waals surface area contributed by atoms with Crippen molar-refractivity contribution in [2.24, 2.45) is 0 Å². The van der Waals surface area contributed by atoms with Crippen LogP contribution in [0.5, 0.6) is 0 Å². The van der Waals surface area contributed by atoms with E-state index in [4.69, 9.17) is 0 Å². The molecule has 0 N–H and O–H groups in total. The van der Waals surface area contributed by atoms with E-state index in [0.29, 0.717) is 5.56 Å². The normalized spacial score (nSPS) is 9.27. The summed E-state index contributed by atoms with van der Waals surface area (Å²) in [5, 5.41) is 0.0648. The average molecular weight is 153 g/mol. The average Bonchev–Trinajstić information content (AvgIpc) is 2.05. The van der Waals surface area contributed by atoms with Crippen molar-refractivity contribution in [3.05, 3.63) is 35.9 Å². The van der Waals surface area contributed by atoms with Crippen LogP contribution in [-0.4, -0.2) is 18.1 Å². The molecule has 0 fully saturated rings. The summed E-state index contributed by atoms with van der Waals surface area (Å²) in [6.45, 7) is 0. The summed E-state index contributed by atoms with van der Waals surface area (Å²) < 4.78 is 12.3. The fourth-order valence-corrected chi connectivity index (χ4v) is 0.759. The summed E-state index contributed by atoms with van der Waals surface area (Å²) in [4.78, 5) is 10.9. The predicted molar refractivity (Wildman–Crippen MR) is 39.6 cm³/mol. The van der Waals surface area contributed by atoms with E-state index in [1.54, 1.807) is 30.3 Å². The van der Waals surface area contributed by atoms with Crippen molar-refractivity contribution in [2.75, 3.05) is 7.05 Å². The van der Waals surface area contributed by atoms with Gasteiger partial charge < -0.3 is 0 Å². The highest BCUT2D eigenvalue weighted by molar-refractivity contribution is 5.93. The second-order valence-corrected chi connectivity index (χ2v) is 2.15. The van der Waals surface area contributed by atoms with Gasteiger partial charge in [-0.15, -0.1) is 0 Å². The maximum Gasteiger partial charge on any atom is 0.281 e. The summed E-state index contributed by atoms with van der Waals surface area (Å²) in [6, 6.07) is 8.29. The summed E-state index contributed by atoms with van der Waals surface area (Å²) in [7, 11) is 1.08. The lowest BCUT2D eigenvalue weighted by molar-refractivity contribution is 0.0343. The van der Waals surface area contributed by atoms with Gasteiger partial charge in [0.15, 0.2) is 0 Å². The van der Waals surface area contributed by atoms with Gasteiger partial charge in [0.2, 0.25) is 0 Å². The molecule has 0 saturated carbocycles. The van der Waals surface area contributed by atoms with Gasteiger partial charge in [-0.05, 0) is 12.1 Å². The van der Waals surface area contributed by atoms with Crippen molar-refractivity contribution < 1.29 is 9.28 Å². The topological polar surface area (TPSA) is 20.3 Å². The fraction of sp³-hybridized carbons (Fsp3) is 0.125. The van der Waals surface area contributed by atoms with Crippen LogP contribution in [0.15, 0.2) is 30.3 Å². The molecule has 0 bridgehead atoms. The number of carbonyl (C=O) groups excluding carboxylic acids is 1. The van der Waals surface area contributed by atoms with Crippen LogP contribution < -0.4 is 0 Å². The Bertz CT molecular complexity index is 246. The van der Waals surface area contributed by atoms with Gasteiger partial charge in [0.1, 0.15) is 0 Å². The van der Waals surface area contributed by atoms with Gasteiger partial charge >= 0.3 is 0 Å². The Kier molecular flexibility index (Phi) is 2.21. The number of nitrogens with zero attached hydrogens (tertiary/aromatic N) is 1. The summed E-state index contributed by atoms with van der Waals surface area (Å²) in [6.07, 6.45) is 0. The number of hydrogen-bond acceptors (Lipinski definition) is 1. The van der Waals surface area contributed by atoms with Crippen LogP contribution in [0.25, 0.3) is 0 Å². The van der Waals surface area contributed by atoms with E-state index in [-0.39, 0.29) is 5.12 Å². The Balaban J connectivity index is 2.86. The van der Waals surface area contributed by atoms with Crippen molar-refractivity contribution in [2.45, 2.75) is 0 Å². The first-order chi connectivity index (χ1) is 5.22. The van der Waals surface area contributed by atoms with Crippen molar-refractivity contribution in [3.63, 3.8) is 0 Å². The van der Waals surface area contributed by atoms with E-state index in [2.05, 4.69) is 0 Å². The molecule has 11 heavy (non-hydrogen) atoms. The minimum Gasteiger partial charge on any atom is -0.267 e. The molecule has 0 spiro atoms. The van der Waals surface area contributed by atoms with Crippen LogP contribution in [0.4, 0.5) is 4.48 Å². The molecule has 58 valence electrons. The Morgan fingerprint density at radius 2 is 1.91 bits per heavy atom. The van der Waals surface area contributed by atoms with Crippen molar-refractivity contribution in [3.8, 4) is 0 Å². The zero-order valence-electron chi connectivity index (χ0n) is 6.12. The number of benzene rings is 1. The molecule has 0 saturated heterocycles. The lowest BCUT2D eigenvalue weighted by atomic mass is 10.2. The molecule has 0 radical (unpaired) electrons. The highest BCUT2D eigenvalue weighted by atomic mass is 19.2. The zero-order chi connectivity index (χ0) is 8.27. The molecule has 0 heterocycles. The number of hydrogen-bond donors (Lipinski definition) is 0. The Morgan fingerprint density at radius 3 is 2.36 bits per heavy atom. The van der Waals surface area contributed by atoms with Gasteiger partial charge in [0, 0.05) is 12.6 Å². The lowest BCUT2D eigenvalue weighted by Crippen LogP contribution is -2.17. The van der Waals surface area contributed by atoms with Gasteiger partial charge in [0.05, 0.1) is 0 Å². The first-order valence-corrected chi connectivity index (χ1v) is 3.20. The van der Waals surface area contributed by atoms with Crippen molar-refractivity contribution >= 4 is 5.91 Å². The molecular formula is C8H8FNO. The summed E-state index contributed by atoms with van der Waals surface area (Å²) in [5.41, 5.74) is 0.359. The third-order valence-electron chi connectivity index (χ3n) is 1.30. The number of amides is 1. The second-order valence-electron chi connectivity index (χ2n) is 2.15. The molecule has 0 aliphatic rings.